The van der Waals surface area contributed by atoms with Crippen LogP contribution in [0.3, 0.4) is 0 Å². The molecule has 16 heavy (non-hydrogen) atoms. The van der Waals surface area contributed by atoms with Gasteiger partial charge in [-0.1, -0.05) is 37.3 Å². The second-order valence-electron chi connectivity index (χ2n) is 4.41. The minimum atomic E-state index is -0.410. The van der Waals surface area contributed by atoms with Gasteiger partial charge in [0.15, 0.2) is 0 Å². The molecule has 3 heteroatoms. The highest BCUT2D eigenvalue weighted by molar-refractivity contribution is 5.65. The highest BCUT2D eigenvalue weighted by Gasteiger charge is 2.25. The molecule has 0 spiro atoms. The maximum absolute atomic E-state index is 10.8. The van der Waals surface area contributed by atoms with E-state index in [1.165, 1.54) is 6.92 Å². The van der Waals surface area contributed by atoms with Gasteiger partial charge in [-0.05, 0) is 12.0 Å². The number of hydrogen-bond acceptors (Lipinski definition) is 3. The molecule has 0 unspecified atom stereocenters. The van der Waals surface area contributed by atoms with Crippen LogP contribution in [-0.4, -0.2) is 24.3 Å². The van der Waals surface area contributed by atoms with Crippen molar-refractivity contribution in [2.45, 2.75) is 20.3 Å². The van der Waals surface area contributed by atoms with Crippen molar-refractivity contribution in [3.63, 3.8) is 0 Å². The first-order chi connectivity index (χ1) is 7.56. The van der Waals surface area contributed by atoms with Crippen LogP contribution in [0.1, 0.15) is 19.4 Å². The monoisotopic (exact) mass is 222 g/mol. The van der Waals surface area contributed by atoms with Gasteiger partial charge in [0.2, 0.25) is 0 Å². The summed E-state index contributed by atoms with van der Waals surface area (Å²) in [6, 6.07) is 9.87. The van der Waals surface area contributed by atoms with Crippen LogP contribution in [0.4, 0.5) is 0 Å². The quantitative estimate of drug-likeness (QED) is 0.773. The maximum atomic E-state index is 10.8. The van der Waals surface area contributed by atoms with E-state index < -0.39 is 5.41 Å². The number of aliphatic hydroxyl groups is 1. The van der Waals surface area contributed by atoms with Gasteiger partial charge in [0.1, 0.15) is 0 Å². The fourth-order valence-electron chi connectivity index (χ4n) is 1.52. The molecule has 88 valence electrons. The predicted octanol–water partition coefficient (Wildman–Crippen LogP) is 1.79. The Morgan fingerprint density at radius 3 is 2.50 bits per heavy atom. The Bertz CT molecular complexity index is 334. The molecule has 0 amide bonds. The molecule has 1 atom stereocenters. The zero-order valence-electron chi connectivity index (χ0n) is 9.77. The standard InChI is InChI=1S/C13H18O3/c1-11(15)16-10-13(2,9-14)8-12-6-4-3-5-7-12/h3-7,14H,8-10H2,1-2H3/t13-/m0/s1. The number of carbonyl (C=O) groups excluding carboxylic acids is 1. The number of aliphatic hydroxyl groups excluding tert-OH is 1. The average Bonchev–Trinajstić information content (AvgIpc) is 2.28. The summed E-state index contributed by atoms with van der Waals surface area (Å²) in [6.45, 7) is 3.52. The first-order valence-corrected chi connectivity index (χ1v) is 5.34. The number of ether oxygens (including phenoxy) is 1. The molecule has 0 aromatic heterocycles. The fourth-order valence-corrected chi connectivity index (χ4v) is 1.52. The Balaban J connectivity index is 2.62. The van der Waals surface area contributed by atoms with E-state index in [2.05, 4.69) is 0 Å². The summed E-state index contributed by atoms with van der Waals surface area (Å²) in [5, 5.41) is 9.37. The van der Waals surface area contributed by atoms with E-state index >= 15 is 0 Å². The van der Waals surface area contributed by atoms with Crippen molar-refractivity contribution in [3.8, 4) is 0 Å². The molecule has 0 aliphatic rings. The van der Waals surface area contributed by atoms with Gasteiger partial charge in [-0.25, -0.2) is 0 Å². The molecule has 0 fully saturated rings. The van der Waals surface area contributed by atoms with Crippen LogP contribution < -0.4 is 0 Å². The summed E-state index contributed by atoms with van der Waals surface area (Å²) in [5.74, 6) is -0.312. The molecule has 0 aliphatic carbocycles. The molecule has 0 heterocycles. The number of rotatable bonds is 5. The van der Waals surface area contributed by atoms with E-state index in [0.717, 1.165) is 5.56 Å². The lowest BCUT2D eigenvalue weighted by atomic mass is 9.85. The second kappa shape index (κ2) is 5.66. The molecule has 1 rings (SSSR count). The van der Waals surface area contributed by atoms with Crippen LogP contribution in [0.5, 0.6) is 0 Å². The molecule has 0 saturated carbocycles. The largest absolute Gasteiger partial charge is 0.465 e. The predicted molar refractivity (Wildman–Crippen MR) is 62.0 cm³/mol. The molecule has 1 N–H and O–H groups in total. The summed E-state index contributed by atoms with van der Waals surface area (Å²) >= 11 is 0. The molecule has 0 radical (unpaired) electrons. The van der Waals surface area contributed by atoms with Crippen LogP contribution >= 0.6 is 0 Å². The number of benzene rings is 1. The topological polar surface area (TPSA) is 46.5 Å². The normalized spacial score (nSPS) is 14.2. The molecule has 1 aromatic carbocycles. The van der Waals surface area contributed by atoms with Gasteiger partial charge in [-0.3, -0.25) is 4.79 Å². The maximum Gasteiger partial charge on any atom is 0.302 e. The van der Waals surface area contributed by atoms with Crippen LogP contribution in [0.15, 0.2) is 30.3 Å². The first-order valence-electron chi connectivity index (χ1n) is 5.34. The van der Waals surface area contributed by atoms with E-state index in [1.807, 2.05) is 37.3 Å². The van der Waals surface area contributed by atoms with Crippen molar-refractivity contribution in [1.82, 2.24) is 0 Å². The van der Waals surface area contributed by atoms with Crippen LogP contribution in [0, 0.1) is 5.41 Å². The molecule has 0 aliphatic heterocycles. The summed E-state index contributed by atoms with van der Waals surface area (Å²) < 4.78 is 4.97. The number of carbonyl (C=O) groups is 1. The molecule has 3 nitrogen and oxygen atoms in total. The van der Waals surface area contributed by atoms with Crippen molar-refractivity contribution in [2.75, 3.05) is 13.2 Å². The van der Waals surface area contributed by atoms with Gasteiger partial charge in [-0.2, -0.15) is 0 Å². The third-order valence-electron chi connectivity index (χ3n) is 2.48. The van der Waals surface area contributed by atoms with Crippen molar-refractivity contribution in [2.24, 2.45) is 5.41 Å². The summed E-state index contributed by atoms with van der Waals surface area (Å²) in [6.07, 6.45) is 0.692. The Morgan fingerprint density at radius 2 is 2.00 bits per heavy atom. The van der Waals surface area contributed by atoms with Crippen molar-refractivity contribution in [3.05, 3.63) is 35.9 Å². The zero-order valence-corrected chi connectivity index (χ0v) is 9.77. The highest BCUT2D eigenvalue weighted by Crippen LogP contribution is 2.22. The molecule has 1 aromatic rings. The second-order valence-corrected chi connectivity index (χ2v) is 4.41. The van der Waals surface area contributed by atoms with E-state index in [1.54, 1.807) is 0 Å². The van der Waals surface area contributed by atoms with Gasteiger partial charge < -0.3 is 9.84 Å². The fraction of sp³-hybridized carbons (Fsp3) is 0.462. The van der Waals surface area contributed by atoms with E-state index in [0.29, 0.717) is 6.42 Å². The van der Waals surface area contributed by atoms with Crippen molar-refractivity contribution in [1.29, 1.82) is 0 Å². The highest BCUT2D eigenvalue weighted by atomic mass is 16.5. The van der Waals surface area contributed by atoms with Gasteiger partial charge in [0, 0.05) is 12.3 Å². The number of hydrogen-bond donors (Lipinski definition) is 1. The molecule has 0 saturated heterocycles. The van der Waals surface area contributed by atoms with Crippen molar-refractivity contribution < 1.29 is 14.6 Å². The molecular formula is C13H18O3. The molecular weight excluding hydrogens is 204 g/mol. The third-order valence-corrected chi connectivity index (χ3v) is 2.48. The number of esters is 1. The zero-order chi connectivity index (χ0) is 12.0. The van der Waals surface area contributed by atoms with Crippen LogP contribution in [0.2, 0.25) is 0 Å². The first kappa shape index (κ1) is 12.7. The summed E-state index contributed by atoms with van der Waals surface area (Å²) in [7, 11) is 0. The third kappa shape index (κ3) is 4.03. The Hall–Kier alpha value is -1.35. The van der Waals surface area contributed by atoms with Crippen LogP contribution in [-0.2, 0) is 16.0 Å². The lowest BCUT2D eigenvalue weighted by molar-refractivity contribution is -0.145. The van der Waals surface area contributed by atoms with Gasteiger partial charge in [-0.15, -0.1) is 0 Å². The molecule has 0 bridgehead atoms. The Morgan fingerprint density at radius 1 is 1.38 bits per heavy atom. The summed E-state index contributed by atoms with van der Waals surface area (Å²) in [4.78, 5) is 10.8. The van der Waals surface area contributed by atoms with E-state index in [4.69, 9.17) is 4.74 Å². The lowest BCUT2D eigenvalue weighted by Crippen LogP contribution is -2.31. The average molecular weight is 222 g/mol. The summed E-state index contributed by atoms with van der Waals surface area (Å²) in [5.41, 5.74) is 0.721. The van der Waals surface area contributed by atoms with Crippen LogP contribution in [0.25, 0.3) is 0 Å². The minimum Gasteiger partial charge on any atom is -0.465 e. The van der Waals surface area contributed by atoms with Gasteiger partial charge >= 0.3 is 5.97 Å². The Labute approximate surface area is 96.1 Å². The van der Waals surface area contributed by atoms with Gasteiger partial charge in [0.05, 0.1) is 13.2 Å². The van der Waals surface area contributed by atoms with E-state index in [9.17, 15) is 9.90 Å². The van der Waals surface area contributed by atoms with Gasteiger partial charge in [0.25, 0.3) is 0 Å². The minimum absolute atomic E-state index is 0.00479. The lowest BCUT2D eigenvalue weighted by Gasteiger charge is -2.26. The smallest absolute Gasteiger partial charge is 0.302 e. The van der Waals surface area contributed by atoms with E-state index in [-0.39, 0.29) is 19.2 Å². The van der Waals surface area contributed by atoms with Crippen molar-refractivity contribution >= 4 is 5.97 Å². The SMILES string of the molecule is CC(=O)OC[C@](C)(CO)Cc1ccccc1. The Kier molecular flexibility index (Phi) is 4.50.